The molecular formula is C15H13FN2O3. The number of anilines is 1. The Morgan fingerprint density at radius 2 is 2.05 bits per heavy atom. The van der Waals surface area contributed by atoms with E-state index in [9.17, 15) is 14.0 Å². The van der Waals surface area contributed by atoms with Crippen LogP contribution in [0.5, 0.6) is 0 Å². The highest BCUT2D eigenvalue weighted by Crippen LogP contribution is 2.17. The van der Waals surface area contributed by atoms with Gasteiger partial charge in [-0.15, -0.1) is 0 Å². The number of rotatable bonds is 4. The molecule has 0 fully saturated rings. The number of esters is 1. The largest absolute Gasteiger partial charge is 0.451 e. The van der Waals surface area contributed by atoms with Crippen LogP contribution in [-0.2, 0) is 9.53 Å². The maximum absolute atomic E-state index is 13.3. The van der Waals surface area contributed by atoms with Crippen molar-refractivity contribution in [2.75, 3.05) is 11.9 Å². The summed E-state index contributed by atoms with van der Waals surface area (Å²) in [4.78, 5) is 27.1. The predicted molar refractivity (Wildman–Crippen MR) is 74.3 cm³/mol. The van der Waals surface area contributed by atoms with E-state index in [0.717, 1.165) is 0 Å². The van der Waals surface area contributed by atoms with E-state index in [-0.39, 0.29) is 5.69 Å². The molecule has 5 nitrogen and oxygen atoms in total. The fourth-order valence-electron chi connectivity index (χ4n) is 1.62. The van der Waals surface area contributed by atoms with E-state index in [1.165, 1.54) is 24.4 Å². The molecule has 0 aliphatic heterocycles. The molecule has 1 N–H and O–H groups in total. The molecule has 6 heteroatoms. The molecule has 21 heavy (non-hydrogen) atoms. The molecule has 1 heterocycles. The molecule has 0 unspecified atom stereocenters. The van der Waals surface area contributed by atoms with Crippen molar-refractivity contribution in [1.82, 2.24) is 4.98 Å². The minimum absolute atomic E-state index is 0.118. The zero-order valence-electron chi connectivity index (χ0n) is 11.3. The van der Waals surface area contributed by atoms with Crippen LogP contribution in [-0.4, -0.2) is 23.5 Å². The summed E-state index contributed by atoms with van der Waals surface area (Å²) in [7, 11) is 0. The van der Waals surface area contributed by atoms with Crippen LogP contribution in [0.3, 0.4) is 0 Å². The second-order valence-electron chi connectivity index (χ2n) is 4.25. The first kappa shape index (κ1) is 14.6. The van der Waals surface area contributed by atoms with Gasteiger partial charge in [0.05, 0.1) is 0 Å². The van der Waals surface area contributed by atoms with Crippen LogP contribution < -0.4 is 5.32 Å². The summed E-state index contributed by atoms with van der Waals surface area (Å²) < 4.78 is 18.1. The van der Waals surface area contributed by atoms with Gasteiger partial charge in [0.15, 0.2) is 6.61 Å². The standard InChI is InChI=1S/C15H13FN2O3/c1-10-11(16)5-4-7-12(10)18-14(19)9-21-15(20)13-6-2-3-8-17-13/h2-8H,9H2,1H3,(H,18,19). The van der Waals surface area contributed by atoms with Gasteiger partial charge in [-0.1, -0.05) is 12.1 Å². The Morgan fingerprint density at radius 1 is 1.24 bits per heavy atom. The first-order valence-electron chi connectivity index (χ1n) is 6.21. The number of carbonyl (C=O) groups is 2. The van der Waals surface area contributed by atoms with Gasteiger partial charge in [-0.2, -0.15) is 0 Å². The molecule has 0 spiro atoms. The van der Waals surface area contributed by atoms with Crippen LogP contribution in [0.2, 0.25) is 0 Å². The van der Waals surface area contributed by atoms with Crippen LogP contribution >= 0.6 is 0 Å². The summed E-state index contributed by atoms with van der Waals surface area (Å²) in [5, 5.41) is 2.48. The third kappa shape index (κ3) is 3.85. The molecule has 0 radical (unpaired) electrons. The molecular weight excluding hydrogens is 275 g/mol. The lowest BCUT2D eigenvalue weighted by Gasteiger charge is -2.09. The van der Waals surface area contributed by atoms with E-state index < -0.39 is 24.3 Å². The van der Waals surface area contributed by atoms with E-state index >= 15 is 0 Å². The van der Waals surface area contributed by atoms with E-state index in [0.29, 0.717) is 11.3 Å². The number of hydrogen-bond acceptors (Lipinski definition) is 4. The highest BCUT2D eigenvalue weighted by Gasteiger charge is 2.12. The molecule has 2 aromatic rings. The van der Waals surface area contributed by atoms with Crippen LogP contribution in [0.1, 0.15) is 16.1 Å². The zero-order chi connectivity index (χ0) is 15.2. The number of halogens is 1. The lowest BCUT2D eigenvalue weighted by Crippen LogP contribution is -2.21. The Morgan fingerprint density at radius 3 is 2.76 bits per heavy atom. The molecule has 0 bridgehead atoms. The van der Waals surface area contributed by atoms with Crippen molar-refractivity contribution in [2.24, 2.45) is 0 Å². The number of hydrogen-bond donors (Lipinski definition) is 1. The molecule has 1 aromatic heterocycles. The van der Waals surface area contributed by atoms with Gasteiger partial charge < -0.3 is 10.1 Å². The molecule has 108 valence electrons. The number of ether oxygens (including phenoxy) is 1. The van der Waals surface area contributed by atoms with Gasteiger partial charge in [0.2, 0.25) is 0 Å². The summed E-state index contributed by atoms with van der Waals surface area (Å²) in [6, 6.07) is 9.13. The predicted octanol–water partition coefficient (Wildman–Crippen LogP) is 2.32. The molecule has 2 rings (SSSR count). The summed E-state index contributed by atoms with van der Waals surface area (Å²) in [6.45, 7) is 1.08. The van der Waals surface area contributed by atoms with Gasteiger partial charge in [-0.05, 0) is 31.2 Å². The zero-order valence-corrected chi connectivity index (χ0v) is 11.3. The van der Waals surface area contributed by atoms with Crippen molar-refractivity contribution in [3.63, 3.8) is 0 Å². The topological polar surface area (TPSA) is 68.3 Å². The van der Waals surface area contributed by atoms with Crippen LogP contribution in [0.4, 0.5) is 10.1 Å². The second kappa shape index (κ2) is 6.60. The van der Waals surface area contributed by atoms with Crippen molar-refractivity contribution in [1.29, 1.82) is 0 Å². The van der Waals surface area contributed by atoms with E-state index in [4.69, 9.17) is 4.74 Å². The van der Waals surface area contributed by atoms with Crippen molar-refractivity contribution in [2.45, 2.75) is 6.92 Å². The fraction of sp³-hybridized carbons (Fsp3) is 0.133. The number of benzene rings is 1. The van der Waals surface area contributed by atoms with Gasteiger partial charge in [0, 0.05) is 17.4 Å². The molecule has 0 aliphatic carbocycles. The van der Waals surface area contributed by atoms with E-state index in [1.54, 1.807) is 25.1 Å². The van der Waals surface area contributed by atoms with Crippen LogP contribution in [0, 0.1) is 12.7 Å². The number of amides is 1. The van der Waals surface area contributed by atoms with Crippen molar-refractivity contribution >= 4 is 17.6 Å². The van der Waals surface area contributed by atoms with E-state index in [1.807, 2.05) is 0 Å². The van der Waals surface area contributed by atoms with Crippen LogP contribution in [0.25, 0.3) is 0 Å². The molecule has 0 saturated heterocycles. The summed E-state index contributed by atoms with van der Waals surface area (Å²) in [5.74, 6) is -1.66. The Bertz CT molecular complexity index is 659. The van der Waals surface area contributed by atoms with Gasteiger partial charge in [0.25, 0.3) is 5.91 Å². The van der Waals surface area contributed by atoms with Gasteiger partial charge in [-0.3, -0.25) is 4.79 Å². The average Bonchev–Trinajstić information content (AvgIpc) is 2.50. The number of carbonyl (C=O) groups excluding carboxylic acids is 2. The maximum atomic E-state index is 13.3. The highest BCUT2D eigenvalue weighted by molar-refractivity contribution is 5.95. The average molecular weight is 288 g/mol. The Kier molecular flexibility index (Phi) is 4.61. The minimum Gasteiger partial charge on any atom is -0.451 e. The first-order valence-corrected chi connectivity index (χ1v) is 6.21. The smallest absolute Gasteiger partial charge is 0.357 e. The molecule has 0 atom stereocenters. The molecule has 1 aromatic carbocycles. The number of nitrogens with one attached hydrogen (secondary N) is 1. The summed E-state index contributed by atoms with van der Waals surface area (Å²) in [5.41, 5.74) is 0.781. The SMILES string of the molecule is Cc1c(F)cccc1NC(=O)COC(=O)c1ccccn1. The van der Waals surface area contributed by atoms with Gasteiger partial charge in [0.1, 0.15) is 11.5 Å². The van der Waals surface area contributed by atoms with Gasteiger partial charge >= 0.3 is 5.97 Å². The third-order valence-corrected chi connectivity index (χ3v) is 2.75. The molecule has 0 saturated carbocycles. The Labute approximate surface area is 120 Å². The maximum Gasteiger partial charge on any atom is 0.357 e. The molecule has 0 aliphatic rings. The number of aromatic nitrogens is 1. The monoisotopic (exact) mass is 288 g/mol. The normalized spacial score (nSPS) is 10.0. The highest BCUT2D eigenvalue weighted by atomic mass is 19.1. The number of nitrogens with zero attached hydrogens (tertiary/aromatic N) is 1. The summed E-state index contributed by atoms with van der Waals surface area (Å²) >= 11 is 0. The second-order valence-corrected chi connectivity index (χ2v) is 4.25. The Hall–Kier alpha value is -2.76. The number of pyridine rings is 1. The third-order valence-electron chi connectivity index (χ3n) is 2.75. The van der Waals surface area contributed by atoms with Crippen LogP contribution in [0.15, 0.2) is 42.6 Å². The Balaban J connectivity index is 1.91. The van der Waals surface area contributed by atoms with Crippen molar-refractivity contribution in [3.05, 3.63) is 59.7 Å². The van der Waals surface area contributed by atoms with Crippen molar-refractivity contribution < 1.29 is 18.7 Å². The van der Waals surface area contributed by atoms with Gasteiger partial charge in [-0.25, -0.2) is 14.2 Å². The molecule has 1 amide bonds. The quantitative estimate of drug-likeness (QED) is 0.877. The fourth-order valence-corrected chi connectivity index (χ4v) is 1.62. The van der Waals surface area contributed by atoms with Crippen molar-refractivity contribution in [3.8, 4) is 0 Å². The minimum atomic E-state index is -0.693. The lowest BCUT2D eigenvalue weighted by molar-refractivity contribution is -0.119. The first-order chi connectivity index (χ1) is 10.1. The lowest BCUT2D eigenvalue weighted by atomic mass is 10.2. The summed E-state index contributed by atoms with van der Waals surface area (Å²) in [6.07, 6.45) is 1.45. The van der Waals surface area contributed by atoms with E-state index in [2.05, 4.69) is 10.3 Å².